The van der Waals surface area contributed by atoms with Crippen molar-refractivity contribution in [2.75, 3.05) is 13.2 Å². The number of nitrogens with one attached hydrogen (secondary N) is 1. The first-order valence-corrected chi connectivity index (χ1v) is 13.2. The lowest BCUT2D eigenvalue weighted by Crippen LogP contribution is -2.37. The van der Waals surface area contributed by atoms with E-state index in [0.29, 0.717) is 23.6 Å². The molecule has 0 bridgehead atoms. The van der Waals surface area contributed by atoms with E-state index in [1.165, 1.54) is 5.56 Å². The van der Waals surface area contributed by atoms with Crippen LogP contribution in [0.3, 0.4) is 0 Å². The molecule has 0 amide bonds. The number of carbonyl (C=O) groups excluding carboxylic acids is 1. The smallest absolute Gasteiger partial charge is 0.335 e. The van der Waals surface area contributed by atoms with Crippen molar-refractivity contribution in [3.05, 3.63) is 89.3 Å². The van der Waals surface area contributed by atoms with Crippen LogP contribution in [0.2, 0.25) is 0 Å². The fourth-order valence-electron chi connectivity index (χ4n) is 3.15. The van der Waals surface area contributed by atoms with Gasteiger partial charge in [-0.25, -0.2) is 4.79 Å². The summed E-state index contributed by atoms with van der Waals surface area (Å²) in [4.78, 5) is 10.8. The van der Waals surface area contributed by atoms with Crippen molar-refractivity contribution in [1.82, 2.24) is 5.32 Å². The zero-order valence-corrected chi connectivity index (χ0v) is 25.0. The quantitative estimate of drug-likeness (QED) is 0.197. The Morgan fingerprint density at radius 2 is 1.58 bits per heavy atom. The van der Waals surface area contributed by atoms with Crippen LogP contribution in [-0.2, 0) is 9.53 Å². The van der Waals surface area contributed by atoms with Crippen LogP contribution in [0, 0.1) is 0 Å². The molecular formula is C30H49N2O3P. The van der Waals surface area contributed by atoms with Gasteiger partial charge in [0.05, 0.1) is 12.2 Å². The fraction of sp³-hybridized carbons (Fsp3) is 0.433. The topological polar surface area (TPSA) is 84.6 Å². The molecule has 2 aromatic carbocycles. The zero-order chi connectivity index (χ0) is 28.3. The highest BCUT2D eigenvalue weighted by atomic mass is 31.0. The number of rotatable bonds is 8. The molecule has 2 aromatic rings. The molecule has 0 spiro atoms. The van der Waals surface area contributed by atoms with E-state index in [2.05, 4.69) is 63.1 Å². The summed E-state index contributed by atoms with van der Waals surface area (Å²) in [7, 11) is 2.97. The largest absolute Gasteiger partial charge is 0.508 e. The van der Waals surface area contributed by atoms with E-state index in [4.69, 9.17) is 5.73 Å². The van der Waals surface area contributed by atoms with Crippen molar-refractivity contribution < 1.29 is 14.6 Å². The molecule has 0 fully saturated rings. The molecule has 2 rings (SSSR count). The molecule has 3 unspecified atom stereocenters. The van der Waals surface area contributed by atoms with Crippen LogP contribution in [0.15, 0.2) is 78.1 Å². The minimum Gasteiger partial charge on any atom is -0.508 e. The predicted molar refractivity (Wildman–Crippen MR) is 159 cm³/mol. The van der Waals surface area contributed by atoms with Gasteiger partial charge in [0.15, 0.2) is 0 Å². The third-order valence-corrected chi connectivity index (χ3v) is 5.48. The number of nitrogens with two attached hydrogens (primary N) is 1. The first-order valence-electron chi connectivity index (χ1n) is 12.6. The number of hydrogen-bond donors (Lipinski definition) is 3. The van der Waals surface area contributed by atoms with Crippen LogP contribution in [0.1, 0.15) is 79.4 Å². The molecular weight excluding hydrogens is 467 g/mol. The second-order valence-electron chi connectivity index (χ2n) is 8.11. The molecule has 0 aliphatic rings. The summed E-state index contributed by atoms with van der Waals surface area (Å²) in [5.74, 6) is 0.118. The lowest BCUT2D eigenvalue weighted by atomic mass is 9.80. The van der Waals surface area contributed by atoms with Gasteiger partial charge in [0.2, 0.25) is 0 Å². The lowest BCUT2D eigenvalue weighted by Gasteiger charge is -2.35. The molecule has 0 aliphatic carbocycles. The Kier molecular flexibility index (Phi) is 19.1. The third-order valence-electron chi connectivity index (χ3n) is 4.94. The average Bonchev–Trinajstić information content (AvgIpc) is 2.86. The Bertz CT molecular complexity index is 921. The Hall–Kier alpha value is -2.78. The highest BCUT2D eigenvalue weighted by Crippen LogP contribution is 2.41. The molecule has 0 aliphatic heterocycles. The second kappa shape index (κ2) is 19.4. The van der Waals surface area contributed by atoms with Crippen LogP contribution in [0.4, 0.5) is 0 Å². The summed E-state index contributed by atoms with van der Waals surface area (Å²) in [5.41, 5.74) is 9.64. The summed E-state index contributed by atoms with van der Waals surface area (Å²) >= 11 is 0. The van der Waals surface area contributed by atoms with Crippen LogP contribution < -0.4 is 11.1 Å². The fourth-order valence-corrected chi connectivity index (χ4v) is 3.63. The van der Waals surface area contributed by atoms with Crippen molar-refractivity contribution in [3.8, 4) is 5.75 Å². The molecule has 6 heteroatoms. The highest BCUT2D eigenvalue weighted by Gasteiger charge is 2.32. The number of phenolic OH excluding ortho intramolecular Hbond substituents is 1. The van der Waals surface area contributed by atoms with E-state index >= 15 is 0 Å². The minimum absolute atomic E-state index is 0.117. The van der Waals surface area contributed by atoms with Gasteiger partial charge in [-0.05, 0) is 51.0 Å². The monoisotopic (exact) mass is 516 g/mol. The summed E-state index contributed by atoms with van der Waals surface area (Å²) in [5, 5.41) is 13.1. The maximum absolute atomic E-state index is 10.8. The van der Waals surface area contributed by atoms with Gasteiger partial charge in [0, 0.05) is 29.0 Å². The maximum atomic E-state index is 10.8. The molecule has 0 radical (unpaired) electrons. The van der Waals surface area contributed by atoms with Gasteiger partial charge >= 0.3 is 5.97 Å². The van der Waals surface area contributed by atoms with Crippen molar-refractivity contribution in [1.29, 1.82) is 0 Å². The van der Waals surface area contributed by atoms with Gasteiger partial charge in [-0.1, -0.05) is 83.7 Å². The Morgan fingerprint density at radius 1 is 1.06 bits per heavy atom. The average molecular weight is 517 g/mol. The SMILES string of the molecule is C=C(C)NCC(C)(P)C(c1ccccc1)c1cccc(O)c1.CC.CC.CCOC(=O)/C(C)=C(\C)N. The van der Waals surface area contributed by atoms with E-state index in [9.17, 15) is 9.90 Å². The molecule has 36 heavy (non-hydrogen) atoms. The summed E-state index contributed by atoms with van der Waals surface area (Å²) in [6.45, 7) is 22.3. The first kappa shape index (κ1) is 35.4. The minimum atomic E-state index is -0.331. The van der Waals surface area contributed by atoms with E-state index in [1.54, 1.807) is 26.8 Å². The third kappa shape index (κ3) is 13.3. The Labute approximate surface area is 222 Å². The predicted octanol–water partition coefficient (Wildman–Crippen LogP) is 7.14. The van der Waals surface area contributed by atoms with Crippen LogP contribution >= 0.6 is 9.24 Å². The second-order valence-corrected chi connectivity index (χ2v) is 9.43. The highest BCUT2D eigenvalue weighted by molar-refractivity contribution is 7.19. The standard InChI is InChI=1S/C19H24NOP.C7H13NO2.2C2H6/c1-14(2)20-13-19(3,22)18(15-8-5-4-6-9-15)16-10-7-11-17(21)12-16;1-4-10-7(9)5(2)6(3)8;2*1-2/h4-12,18,20-21H,1,13,22H2,2-3H3;4,8H2,1-3H3;2*1-2H3/b;6-5+;;. The molecule has 0 saturated heterocycles. The molecule has 202 valence electrons. The van der Waals surface area contributed by atoms with Crippen molar-refractivity contribution in [3.63, 3.8) is 0 Å². The van der Waals surface area contributed by atoms with Gasteiger partial charge < -0.3 is 20.9 Å². The zero-order valence-electron chi connectivity index (χ0n) is 23.8. The molecule has 3 atom stereocenters. The van der Waals surface area contributed by atoms with E-state index < -0.39 is 0 Å². The normalized spacial score (nSPS) is 12.8. The molecule has 4 N–H and O–H groups in total. The number of carbonyl (C=O) groups is 1. The molecule has 0 aromatic heterocycles. The number of ether oxygens (including phenoxy) is 1. The van der Waals surface area contributed by atoms with Gasteiger partial charge in [-0.2, -0.15) is 0 Å². The van der Waals surface area contributed by atoms with Gasteiger partial charge in [0.25, 0.3) is 0 Å². The van der Waals surface area contributed by atoms with Gasteiger partial charge in [-0.3, -0.25) is 0 Å². The van der Waals surface area contributed by atoms with Crippen molar-refractivity contribution >= 4 is 15.2 Å². The summed E-state index contributed by atoms with van der Waals surface area (Å²) in [6, 6.07) is 17.9. The lowest BCUT2D eigenvalue weighted by molar-refractivity contribution is -0.138. The van der Waals surface area contributed by atoms with E-state index in [0.717, 1.165) is 17.8 Å². The number of benzene rings is 2. The first-order chi connectivity index (χ1) is 17.0. The van der Waals surface area contributed by atoms with Crippen LogP contribution in [0.5, 0.6) is 5.75 Å². The maximum Gasteiger partial charge on any atom is 0.335 e. The van der Waals surface area contributed by atoms with E-state index in [-0.39, 0.29) is 17.0 Å². The summed E-state index contributed by atoms with van der Waals surface area (Å²) in [6.07, 6.45) is 0. The Balaban J connectivity index is 0. The van der Waals surface area contributed by atoms with Crippen molar-refractivity contribution in [2.24, 2.45) is 5.73 Å². The number of allylic oxidation sites excluding steroid dienone is 2. The van der Waals surface area contributed by atoms with Crippen LogP contribution in [0.25, 0.3) is 0 Å². The number of phenols is 1. The van der Waals surface area contributed by atoms with Crippen LogP contribution in [-0.4, -0.2) is 29.4 Å². The van der Waals surface area contributed by atoms with Gasteiger partial charge in [-0.15, -0.1) is 9.24 Å². The summed E-state index contributed by atoms with van der Waals surface area (Å²) < 4.78 is 4.69. The number of esters is 1. The molecule has 0 heterocycles. The number of hydrogen-bond acceptors (Lipinski definition) is 5. The number of aromatic hydroxyl groups is 1. The molecule has 0 saturated carbocycles. The van der Waals surface area contributed by atoms with Gasteiger partial charge in [0.1, 0.15) is 5.75 Å². The van der Waals surface area contributed by atoms with Crippen molar-refractivity contribution in [2.45, 2.75) is 73.4 Å². The Morgan fingerprint density at radius 3 is 2.03 bits per heavy atom. The van der Waals surface area contributed by atoms with E-state index in [1.807, 2.05) is 52.8 Å². The molecule has 5 nitrogen and oxygen atoms in total.